The first-order valence-corrected chi connectivity index (χ1v) is 9.64. The summed E-state index contributed by atoms with van der Waals surface area (Å²) in [4.78, 5) is 39.4. The standard InChI is InChI=1S/C23H24N2O3/c1-14-3-7-16(8-4-14)19-11-18(26)12-20(17-9-5-15(2)6-10-17)23(19)21(27)24-13-25-22(23)28/h3-10,19-20H,11-13H2,1-2H3,(H,24,27)(H,25,28). The minimum Gasteiger partial charge on any atom is -0.338 e. The van der Waals surface area contributed by atoms with Crippen LogP contribution in [0.1, 0.15) is 46.9 Å². The molecule has 1 saturated carbocycles. The molecule has 5 nitrogen and oxygen atoms in total. The minimum absolute atomic E-state index is 0.0768. The van der Waals surface area contributed by atoms with Crippen LogP contribution in [0.25, 0.3) is 0 Å². The predicted molar refractivity (Wildman–Crippen MR) is 106 cm³/mol. The maximum Gasteiger partial charge on any atom is 0.238 e. The number of aryl methyl sites for hydroxylation is 2. The van der Waals surface area contributed by atoms with Crippen LogP contribution >= 0.6 is 0 Å². The zero-order chi connectivity index (χ0) is 19.9. The number of carbonyl (C=O) groups excluding carboxylic acids is 3. The van der Waals surface area contributed by atoms with Gasteiger partial charge in [-0.05, 0) is 25.0 Å². The summed E-state index contributed by atoms with van der Waals surface area (Å²) in [6.45, 7) is 4.09. The molecule has 0 bridgehead atoms. The number of benzene rings is 2. The van der Waals surface area contributed by atoms with Crippen LogP contribution in [-0.2, 0) is 14.4 Å². The lowest BCUT2D eigenvalue weighted by atomic mass is 9.54. The second-order valence-electron chi connectivity index (χ2n) is 7.93. The van der Waals surface area contributed by atoms with E-state index in [0.717, 1.165) is 22.3 Å². The molecule has 0 aromatic heterocycles. The number of rotatable bonds is 2. The molecule has 2 N–H and O–H groups in total. The van der Waals surface area contributed by atoms with Gasteiger partial charge < -0.3 is 10.6 Å². The summed E-state index contributed by atoms with van der Waals surface area (Å²) in [5.41, 5.74) is 2.54. The molecule has 1 heterocycles. The van der Waals surface area contributed by atoms with Crippen molar-refractivity contribution in [2.75, 3.05) is 6.67 Å². The molecule has 2 aromatic carbocycles. The first-order valence-electron chi connectivity index (χ1n) is 9.64. The number of hydrogen-bond acceptors (Lipinski definition) is 3. The van der Waals surface area contributed by atoms with Crippen LogP contribution in [0.4, 0.5) is 0 Å². The minimum atomic E-state index is -1.34. The van der Waals surface area contributed by atoms with E-state index in [1.165, 1.54) is 0 Å². The third-order valence-electron chi connectivity index (χ3n) is 6.17. The number of nitrogens with one attached hydrogen (secondary N) is 2. The van der Waals surface area contributed by atoms with Crippen LogP contribution in [0, 0.1) is 19.3 Å². The average molecular weight is 376 g/mol. The SMILES string of the molecule is Cc1ccc(C2CC(=O)CC(c3ccc(C)cc3)C23C(=O)NCNC3=O)cc1. The highest BCUT2D eigenvalue weighted by molar-refractivity contribution is 6.10. The molecule has 1 spiro atoms. The lowest BCUT2D eigenvalue weighted by Gasteiger charge is -2.48. The summed E-state index contributed by atoms with van der Waals surface area (Å²) in [7, 11) is 0. The van der Waals surface area contributed by atoms with E-state index in [-0.39, 0.29) is 37.1 Å². The summed E-state index contributed by atoms with van der Waals surface area (Å²) in [5, 5.41) is 5.66. The molecule has 28 heavy (non-hydrogen) atoms. The first kappa shape index (κ1) is 18.4. The van der Waals surface area contributed by atoms with E-state index >= 15 is 0 Å². The van der Waals surface area contributed by atoms with Crippen molar-refractivity contribution in [3.8, 4) is 0 Å². The molecule has 2 aliphatic rings. The van der Waals surface area contributed by atoms with Crippen LogP contribution in [0.3, 0.4) is 0 Å². The van der Waals surface area contributed by atoms with Crippen LogP contribution in [0.2, 0.25) is 0 Å². The maximum atomic E-state index is 13.3. The van der Waals surface area contributed by atoms with Gasteiger partial charge in [-0.25, -0.2) is 0 Å². The maximum absolute atomic E-state index is 13.3. The molecule has 2 fully saturated rings. The summed E-state index contributed by atoms with van der Waals surface area (Å²) >= 11 is 0. The van der Waals surface area contributed by atoms with Gasteiger partial charge in [-0.3, -0.25) is 14.4 Å². The average Bonchev–Trinajstić information content (AvgIpc) is 2.67. The molecule has 1 saturated heterocycles. The normalized spacial score (nSPS) is 24.0. The van der Waals surface area contributed by atoms with E-state index in [1.807, 2.05) is 62.4 Å². The van der Waals surface area contributed by atoms with Crippen LogP contribution in [0.15, 0.2) is 48.5 Å². The van der Waals surface area contributed by atoms with Gasteiger partial charge in [-0.2, -0.15) is 0 Å². The molecule has 4 rings (SSSR count). The number of ketones is 1. The Bertz CT molecular complexity index is 856. The lowest BCUT2D eigenvalue weighted by molar-refractivity contribution is -0.154. The zero-order valence-electron chi connectivity index (χ0n) is 16.1. The van der Waals surface area contributed by atoms with Gasteiger partial charge in [0.25, 0.3) is 0 Å². The van der Waals surface area contributed by atoms with E-state index in [0.29, 0.717) is 0 Å². The Morgan fingerprint density at radius 3 is 1.50 bits per heavy atom. The topological polar surface area (TPSA) is 75.3 Å². The van der Waals surface area contributed by atoms with Gasteiger partial charge >= 0.3 is 0 Å². The molecular weight excluding hydrogens is 352 g/mol. The monoisotopic (exact) mass is 376 g/mol. The second kappa shape index (κ2) is 6.89. The number of Topliss-reactive ketones (excluding diaryl/α,β-unsaturated/α-hetero) is 1. The highest BCUT2D eigenvalue weighted by Crippen LogP contribution is 2.55. The molecule has 144 valence electrons. The Morgan fingerprint density at radius 2 is 1.11 bits per heavy atom. The Kier molecular flexibility index (Phi) is 4.53. The van der Waals surface area contributed by atoms with Crippen molar-refractivity contribution in [1.29, 1.82) is 0 Å². The fraction of sp³-hybridized carbons (Fsp3) is 0.348. The van der Waals surface area contributed by atoms with Crippen molar-refractivity contribution in [1.82, 2.24) is 10.6 Å². The highest BCUT2D eigenvalue weighted by atomic mass is 16.2. The summed E-state index contributed by atoms with van der Waals surface area (Å²) in [5.74, 6) is -1.50. The van der Waals surface area contributed by atoms with Crippen LogP contribution in [0.5, 0.6) is 0 Å². The number of hydrogen-bond donors (Lipinski definition) is 2. The van der Waals surface area contributed by atoms with Crippen molar-refractivity contribution >= 4 is 17.6 Å². The smallest absolute Gasteiger partial charge is 0.238 e. The van der Waals surface area contributed by atoms with Crippen molar-refractivity contribution < 1.29 is 14.4 Å². The van der Waals surface area contributed by atoms with E-state index < -0.39 is 17.3 Å². The summed E-state index contributed by atoms with van der Waals surface area (Å²) in [6.07, 6.45) is 0.374. The highest BCUT2D eigenvalue weighted by Gasteiger charge is 2.62. The number of carbonyl (C=O) groups is 3. The Morgan fingerprint density at radius 1 is 0.714 bits per heavy atom. The first-order chi connectivity index (χ1) is 13.4. The molecule has 1 aliphatic carbocycles. The van der Waals surface area contributed by atoms with Crippen molar-refractivity contribution in [3.05, 3.63) is 70.8 Å². The van der Waals surface area contributed by atoms with Gasteiger partial charge in [0.2, 0.25) is 11.8 Å². The van der Waals surface area contributed by atoms with E-state index in [2.05, 4.69) is 10.6 Å². The van der Waals surface area contributed by atoms with Gasteiger partial charge in [0, 0.05) is 24.7 Å². The zero-order valence-corrected chi connectivity index (χ0v) is 16.1. The van der Waals surface area contributed by atoms with Crippen LogP contribution < -0.4 is 10.6 Å². The summed E-state index contributed by atoms with van der Waals surface area (Å²) < 4.78 is 0. The van der Waals surface area contributed by atoms with E-state index in [1.54, 1.807) is 0 Å². The largest absolute Gasteiger partial charge is 0.338 e. The Balaban J connectivity index is 1.92. The van der Waals surface area contributed by atoms with E-state index in [4.69, 9.17) is 0 Å². The molecule has 2 amide bonds. The molecule has 0 radical (unpaired) electrons. The van der Waals surface area contributed by atoms with Gasteiger partial charge in [-0.1, -0.05) is 59.7 Å². The van der Waals surface area contributed by atoms with Gasteiger partial charge in [0.15, 0.2) is 0 Å². The van der Waals surface area contributed by atoms with Crippen molar-refractivity contribution in [2.24, 2.45) is 5.41 Å². The predicted octanol–water partition coefficient (Wildman–Crippen LogP) is 2.72. The molecular formula is C23H24N2O3. The molecule has 1 aliphatic heterocycles. The molecule has 5 heteroatoms. The second-order valence-corrected chi connectivity index (χ2v) is 7.93. The van der Waals surface area contributed by atoms with Gasteiger partial charge in [0.05, 0.1) is 6.67 Å². The lowest BCUT2D eigenvalue weighted by Crippen LogP contribution is -2.65. The van der Waals surface area contributed by atoms with Crippen molar-refractivity contribution in [3.63, 3.8) is 0 Å². The van der Waals surface area contributed by atoms with Gasteiger partial charge in [0.1, 0.15) is 11.2 Å². The quantitative estimate of drug-likeness (QED) is 0.792. The fourth-order valence-electron chi connectivity index (χ4n) is 4.70. The number of amides is 2. The third-order valence-corrected chi connectivity index (χ3v) is 6.17. The van der Waals surface area contributed by atoms with Gasteiger partial charge in [-0.15, -0.1) is 0 Å². The van der Waals surface area contributed by atoms with Crippen molar-refractivity contribution in [2.45, 2.75) is 38.5 Å². The summed E-state index contributed by atoms with van der Waals surface area (Å²) in [6, 6.07) is 15.6. The third kappa shape index (κ3) is 2.82. The van der Waals surface area contributed by atoms with E-state index in [9.17, 15) is 14.4 Å². The Hall–Kier alpha value is -2.95. The molecule has 2 atom stereocenters. The fourth-order valence-corrected chi connectivity index (χ4v) is 4.70. The molecule has 2 aromatic rings. The van der Waals surface area contributed by atoms with Crippen LogP contribution in [-0.4, -0.2) is 24.3 Å². The molecule has 2 unspecified atom stereocenters. The Labute approximate surface area is 164 Å².